The molecule has 1 atom stereocenters. The van der Waals surface area contributed by atoms with Crippen LogP contribution in [0.2, 0.25) is 0 Å². The monoisotopic (exact) mass is 410 g/mol. The second-order valence-electron chi connectivity index (χ2n) is 6.75. The largest absolute Gasteiger partial charge is 0.490 e. The van der Waals surface area contributed by atoms with Crippen molar-refractivity contribution in [3.8, 4) is 5.75 Å². The van der Waals surface area contributed by atoms with Crippen LogP contribution in [-0.4, -0.2) is 29.1 Å². The molecule has 0 saturated carbocycles. The summed E-state index contributed by atoms with van der Waals surface area (Å²) in [5.41, 5.74) is -2.39. The van der Waals surface area contributed by atoms with Gasteiger partial charge < -0.3 is 20.5 Å². The Morgan fingerprint density at radius 2 is 1.62 bits per heavy atom. The third-order valence-corrected chi connectivity index (χ3v) is 3.98. The van der Waals surface area contributed by atoms with Crippen molar-refractivity contribution in [1.29, 1.82) is 0 Å². The van der Waals surface area contributed by atoms with Gasteiger partial charge in [0.1, 0.15) is 12.4 Å². The molecule has 0 aromatic heterocycles. The van der Waals surface area contributed by atoms with Gasteiger partial charge in [-0.15, -0.1) is 0 Å². The Labute approximate surface area is 165 Å². The minimum Gasteiger partial charge on any atom is -0.490 e. The van der Waals surface area contributed by atoms with Gasteiger partial charge in [0, 0.05) is 18.3 Å². The van der Waals surface area contributed by atoms with Crippen LogP contribution in [0.25, 0.3) is 0 Å². The summed E-state index contributed by atoms with van der Waals surface area (Å²) >= 11 is 0. The molecular weight excluding hydrogens is 389 g/mol. The Balaban J connectivity index is 2.02. The minimum atomic E-state index is -4.56. The van der Waals surface area contributed by atoms with E-state index in [1.165, 1.54) is 45.0 Å². The zero-order valence-corrected chi connectivity index (χ0v) is 16.1. The number of ether oxygens (including phenoxy) is 1. The fraction of sp³-hybridized carbons (Fsp3) is 0.300. The molecule has 3 N–H and O–H groups in total. The molecule has 0 unspecified atom stereocenters. The molecule has 6 nitrogen and oxygen atoms in total. The number of carbonyl (C=O) groups is 2. The van der Waals surface area contributed by atoms with E-state index in [9.17, 15) is 27.9 Å². The van der Waals surface area contributed by atoms with Crippen LogP contribution in [-0.2, 0) is 15.8 Å². The topological polar surface area (TPSA) is 87.7 Å². The average molecular weight is 410 g/mol. The maximum absolute atomic E-state index is 13.0. The summed E-state index contributed by atoms with van der Waals surface area (Å²) < 4.78 is 44.4. The maximum Gasteiger partial charge on any atom is 0.416 e. The molecule has 2 amide bonds. The summed E-state index contributed by atoms with van der Waals surface area (Å²) in [6.07, 6.45) is -4.56. The van der Waals surface area contributed by atoms with Crippen LogP contribution in [0, 0.1) is 6.92 Å². The molecule has 0 heterocycles. The van der Waals surface area contributed by atoms with E-state index in [2.05, 4.69) is 10.6 Å². The minimum absolute atomic E-state index is 0.0216. The third kappa shape index (κ3) is 6.21. The fourth-order valence-corrected chi connectivity index (χ4v) is 2.40. The summed E-state index contributed by atoms with van der Waals surface area (Å²) in [7, 11) is 0. The lowest BCUT2D eigenvalue weighted by atomic mass is 10.1. The molecule has 0 aliphatic carbocycles. The van der Waals surface area contributed by atoms with Crippen molar-refractivity contribution in [3.63, 3.8) is 0 Å². The number of hydrogen-bond donors (Lipinski definition) is 3. The number of amides is 2. The molecular formula is C20H21F3N2O4. The first kappa shape index (κ1) is 22.2. The second-order valence-corrected chi connectivity index (χ2v) is 6.75. The zero-order chi connectivity index (χ0) is 21.8. The molecule has 0 aliphatic heterocycles. The van der Waals surface area contributed by atoms with Gasteiger partial charge in [-0.3, -0.25) is 9.59 Å². The summed E-state index contributed by atoms with van der Waals surface area (Å²) in [6.45, 7) is 3.44. The third-order valence-electron chi connectivity index (χ3n) is 3.98. The molecule has 2 aromatic rings. The number of carbonyl (C=O) groups excluding carboxylic acids is 2. The lowest BCUT2D eigenvalue weighted by molar-refractivity contribution is -0.138. The number of alkyl halides is 3. The van der Waals surface area contributed by atoms with Crippen LogP contribution in [0.3, 0.4) is 0 Å². The van der Waals surface area contributed by atoms with Crippen molar-refractivity contribution >= 4 is 23.2 Å². The van der Waals surface area contributed by atoms with E-state index in [0.717, 1.165) is 6.07 Å². The van der Waals surface area contributed by atoms with Gasteiger partial charge in [0.05, 0.1) is 5.56 Å². The van der Waals surface area contributed by atoms with Gasteiger partial charge in [-0.2, -0.15) is 13.2 Å². The molecule has 2 rings (SSSR count). The number of rotatable bonds is 6. The molecule has 0 radical (unpaired) electrons. The van der Waals surface area contributed by atoms with Gasteiger partial charge in [0.25, 0.3) is 5.91 Å². The van der Waals surface area contributed by atoms with Crippen molar-refractivity contribution in [2.45, 2.75) is 32.5 Å². The first-order chi connectivity index (χ1) is 13.4. The van der Waals surface area contributed by atoms with Crippen LogP contribution < -0.4 is 15.4 Å². The number of nitrogens with one attached hydrogen (secondary N) is 2. The lowest BCUT2D eigenvalue weighted by Gasteiger charge is -2.23. The van der Waals surface area contributed by atoms with E-state index in [1.54, 1.807) is 12.1 Å². The summed E-state index contributed by atoms with van der Waals surface area (Å²) in [5.74, 6) is -0.811. The number of hydrogen-bond acceptors (Lipinski definition) is 4. The number of aliphatic hydroxyl groups is 1. The molecule has 0 bridgehead atoms. The van der Waals surface area contributed by atoms with E-state index in [1.807, 2.05) is 0 Å². The van der Waals surface area contributed by atoms with Crippen molar-refractivity contribution in [2.75, 3.05) is 17.2 Å². The zero-order valence-electron chi connectivity index (χ0n) is 16.1. The Kier molecular flexibility index (Phi) is 6.53. The lowest BCUT2D eigenvalue weighted by Crippen LogP contribution is -2.45. The summed E-state index contributed by atoms with van der Waals surface area (Å²) in [5, 5.41) is 15.2. The van der Waals surface area contributed by atoms with Gasteiger partial charge in [0.2, 0.25) is 5.91 Å². The van der Waals surface area contributed by atoms with Gasteiger partial charge in [-0.1, -0.05) is 6.07 Å². The van der Waals surface area contributed by atoms with E-state index < -0.39 is 29.9 Å². The van der Waals surface area contributed by atoms with Gasteiger partial charge in [-0.05, 0) is 55.8 Å². The van der Waals surface area contributed by atoms with E-state index in [0.29, 0.717) is 11.4 Å². The Morgan fingerprint density at radius 1 is 1.03 bits per heavy atom. The normalized spacial score (nSPS) is 13.3. The van der Waals surface area contributed by atoms with Crippen molar-refractivity contribution in [3.05, 3.63) is 53.6 Å². The van der Waals surface area contributed by atoms with Crippen molar-refractivity contribution < 1.29 is 32.6 Å². The van der Waals surface area contributed by atoms with Crippen molar-refractivity contribution in [2.24, 2.45) is 0 Å². The highest BCUT2D eigenvalue weighted by molar-refractivity contribution is 5.97. The smallest absolute Gasteiger partial charge is 0.416 e. The van der Waals surface area contributed by atoms with E-state index in [-0.39, 0.29) is 17.2 Å². The molecule has 9 heteroatoms. The first-order valence-corrected chi connectivity index (χ1v) is 8.60. The van der Waals surface area contributed by atoms with E-state index in [4.69, 9.17) is 4.74 Å². The van der Waals surface area contributed by atoms with Crippen LogP contribution in [0.5, 0.6) is 5.75 Å². The van der Waals surface area contributed by atoms with Crippen LogP contribution >= 0.6 is 0 Å². The van der Waals surface area contributed by atoms with Gasteiger partial charge in [0.15, 0.2) is 5.60 Å². The summed E-state index contributed by atoms with van der Waals surface area (Å²) in [6, 6.07) is 9.60. The molecule has 0 spiro atoms. The van der Waals surface area contributed by atoms with Crippen LogP contribution in [0.4, 0.5) is 24.5 Å². The van der Waals surface area contributed by atoms with Crippen molar-refractivity contribution in [1.82, 2.24) is 0 Å². The quantitative estimate of drug-likeness (QED) is 0.677. The Hall–Kier alpha value is -3.07. The van der Waals surface area contributed by atoms with Crippen LogP contribution in [0.1, 0.15) is 25.0 Å². The number of halogens is 3. The SMILES string of the molecule is CC(=O)Nc1ccc(OC[C@](C)(O)C(=O)Nc2ccc(C)c(C(F)(F)F)c2)cc1. The highest BCUT2D eigenvalue weighted by atomic mass is 19.4. The number of aryl methyl sites for hydroxylation is 1. The standard InChI is InChI=1S/C20H21F3N2O4/c1-12-4-5-15(10-17(12)20(21,22)23)25-18(27)19(3,28)11-29-16-8-6-14(7-9-16)24-13(2)26/h4-10,28H,11H2,1-3H3,(H,24,26)(H,25,27)/t19-/m0/s1. The van der Waals surface area contributed by atoms with Gasteiger partial charge in [-0.25, -0.2) is 0 Å². The Bertz CT molecular complexity index is 894. The first-order valence-electron chi connectivity index (χ1n) is 8.60. The summed E-state index contributed by atoms with van der Waals surface area (Å²) in [4.78, 5) is 23.3. The highest BCUT2D eigenvalue weighted by Gasteiger charge is 2.34. The molecule has 0 saturated heterocycles. The second kappa shape index (κ2) is 8.52. The predicted molar refractivity (Wildman–Crippen MR) is 102 cm³/mol. The molecule has 29 heavy (non-hydrogen) atoms. The number of anilines is 2. The molecule has 0 fully saturated rings. The molecule has 0 aliphatic rings. The van der Waals surface area contributed by atoms with Gasteiger partial charge >= 0.3 is 6.18 Å². The van der Waals surface area contributed by atoms with Crippen LogP contribution in [0.15, 0.2) is 42.5 Å². The Morgan fingerprint density at radius 3 is 2.17 bits per heavy atom. The fourth-order valence-electron chi connectivity index (χ4n) is 2.40. The average Bonchev–Trinajstić information content (AvgIpc) is 2.61. The van der Waals surface area contributed by atoms with E-state index >= 15 is 0 Å². The maximum atomic E-state index is 13.0. The molecule has 2 aromatic carbocycles. The predicted octanol–water partition coefficient (Wildman–Crippen LogP) is 3.74. The highest BCUT2D eigenvalue weighted by Crippen LogP contribution is 2.33. The number of benzene rings is 2. The molecule has 156 valence electrons.